The van der Waals surface area contributed by atoms with E-state index in [1.165, 1.54) is 0 Å². The van der Waals surface area contributed by atoms with E-state index in [2.05, 4.69) is 5.32 Å². The summed E-state index contributed by atoms with van der Waals surface area (Å²) >= 11 is 12.1. The summed E-state index contributed by atoms with van der Waals surface area (Å²) in [5.41, 5.74) is -0.0248. The van der Waals surface area contributed by atoms with Crippen molar-refractivity contribution in [1.82, 2.24) is 5.32 Å². The molecule has 0 spiro atoms. The van der Waals surface area contributed by atoms with Gasteiger partial charge in [-0.2, -0.15) is 0 Å². The van der Waals surface area contributed by atoms with Gasteiger partial charge in [-0.3, -0.25) is 0 Å². The Kier molecular flexibility index (Phi) is 7.19. The number of rotatable bonds is 6. The summed E-state index contributed by atoms with van der Waals surface area (Å²) < 4.78 is 5.72. The van der Waals surface area contributed by atoms with Crippen molar-refractivity contribution in [3.63, 3.8) is 0 Å². The van der Waals surface area contributed by atoms with Gasteiger partial charge in [-0.25, -0.2) is 0 Å². The number of halogens is 3. The molecule has 0 aliphatic heterocycles. The monoisotopic (exact) mass is 365 g/mol. The lowest BCUT2D eigenvalue weighted by molar-refractivity contribution is 0.101. The Morgan fingerprint density at radius 2 is 1.82 bits per heavy atom. The zero-order valence-electron chi connectivity index (χ0n) is 12.0. The Balaban J connectivity index is 0.00000242. The van der Waals surface area contributed by atoms with Crippen LogP contribution in [0.3, 0.4) is 0 Å². The highest BCUT2D eigenvalue weighted by Gasteiger charge is 2.21. The fraction of sp³-hybridized carbons (Fsp3) is 0.333. The Hall–Kier alpha value is -0.750. The van der Waals surface area contributed by atoms with E-state index in [0.717, 1.165) is 5.56 Å². The van der Waals surface area contributed by atoms with Gasteiger partial charge in [0.1, 0.15) is 11.5 Å². The molecule has 4 nitrogen and oxygen atoms in total. The minimum Gasteiger partial charge on any atom is -0.460 e. The molecular formula is C15H18Cl3NO3. The van der Waals surface area contributed by atoms with Crippen LogP contribution in [0, 0.1) is 0 Å². The zero-order valence-corrected chi connectivity index (χ0v) is 14.3. The van der Waals surface area contributed by atoms with Crippen LogP contribution < -0.4 is 5.32 Å². The first-order valence-corrected chi connectivity index (χ1v) is 7.24. The maximum absolute atomic E-state index is 9.23. The van der Waals surface area contributed by atoms with E-state index < -0.39 is 5.54 Å². The fourth-order valence-electron chi connectivity index (χ4n) is 1.77. The van der Waals surface area contributed by atoms with Crippen LogP contribution in [0.2, 0.25) is 10.0 Å². The first kappa shape index (κ1) is 19.3. The standard InChI is InChI=1S/C15H17Cl2NO3.ClH/c1-15(8-19,9-20)18-7-11-3-5-14(21-11)12-6-10(16)2-4-13(12)17;/h2-6,18-20H,7-9H2,1H3;1H. The van der Waals surface area contributed by atoms with Crippen molar-refractivity contribution < 1.29 is 14.6 Å². The van der Waals surface area contributed by atoms with Gasteiger partial charge in [0.2, 0.25) is 0 Å². The molecule has 0 unspecified atom stereocenters. The molecule has 122 valence electrons. The molecule has 0 saturated heterocycles. The van der Waals surface area contributed by atoms with Gasteiger partial charge in [0.25, 0.3) is 0 Å². The van der Waals surface area contributed by atoms with Gasteiger partial charge in [-0.15, -0.1) is 12.4 Å². The Morgan fingerprint density at radius 1 is 1.14 bits per heavy atom. The van der Waals surface area contributed by atoms with Crippen LogP contribution in [0.4, 0.5) is 0 Å². The van der Waals surface area contributed by atoms with Crippen LogP contribution in [-0.4, -0.2) is 29.0 Å². The summed E-state index contributed by atoms with van der Waals surface area (Å²) in [6, 6.07) is 8.80. The average molecular weight is 367 g/mol. The van der Waals surface area contributed by atoms with Crippen molar-refractivity contribution in [3.8, 4) is 11.3 Å². The lowest BCUT2D eigenvalue weighted by atomic mass is 10.1. The third-order valence-corrected chi connectivity index (χ3v) is 3.81. The van der Waals surface area contributed by atoms with Gasteiger partial charge in [0.15, 0.2) is 0 Å². The maximum atomic E-state index is 9.23. The van der Waals surface area contributed by atoms with Crippen molar-refractivity contribution in [2.45, 2.75) is 19.0 Å². The summed E-state index contributed by atoms with van der Waals surface area (Å²) in [4.78, 5) is 0. The van der Waals surface area contributed by atoms with E-state index in [-0.39, 0.29) is 25.6 Å². The van der Waals surface area contributed by atoms with Crippen molar-refractivity contribution >= 4 is 35.6 Å². The summed E-state index contributed by atoms with van der Waals surface area (Å²) in [5, 5.41) is 22.6. The second-order valence-corrected chi connectivity index (χ2v) is 5.96. The third kappa shape index (κ3) is 4.62. The number of hydrogen-bond donors (Lipinski definition) is 3. The zero-order chi connectivity index (χ0) is 15.5. The minimum atomic E-state index is -0.749. The third-order valence-electron chi connectivity index (χ3n) is 3.24. The molecule has 1 aromatic carbocycles. The number of aliphatic hydroxyl groups excluding tert-OH is 2. The lowest BCUT2D eigenvalue weighted by Crippen LogP contribution is -2.48. The molecule has 7 heteroatoms. The van der Waals surface area contributed by atoms with E-state index in [0.29, 0.717) is 28.1 Å². The van der Waals surface area contributed by atoms with Crippen LogP contribution in [0.1, 0.15) is 12.7 Å². The molecule has 3 N–H and O–H groups in total. The van der Waals surface area contributed by atoms with Gasteiger partial charge in [0.05, 0.1) is 30.3 Å². The fourth-order valence-corrected chi connectivity index (χ4v) is 2.15. The molecule has 1 aromatic heterocycles. The molecular weight excluding hydrogens is 349 g/mol. The van der Waals surface area contributed by atoms with E-state index in [4.69, 9.17) is 27.6 Å². The largest absolute Gasteiger partial charge is 0.460 e. The predicted octanol–water partition coefficient (Wildman–Crippen LogP) is 3.51. The molecule has 2 rings (SSSR count). The molecule has 0 atom stereocenters. The molecule has 2 aromatic rings. The highest BCUT2D eigenvalue weighted by atomic mass is 35.5. The van der Waals surface area contributed by atoms with Crippen molar-refractivity contribution in [2.24, 2.45) is 0 Å². The van der Waals surface area contributed by atoms with E-state index in [1.54, 1.807) is 25.1 Å². The molecule has 1 heterocycles. The quantitative estimate of drug-likeness (QED) is 0.732. The van der Waals surface area contributed by atoms with Crippen molar-refractivity contribution in [1.29, 1.82) is 0 Å². The summed E-state index contributed by atoms with van der Waals surface area (Å²) in [6.45, 7) is 1.77. The Morgan fingerprint density at radius 3 is 2.45 bits per heavy atom. The van der Waals surface area contributed by atoms with Crippen LogP contribution >= 0.6 is 35.6 Å². The normalized spacial score (nSPS) is 11.3. The van der Waals surface area contributed by atoms with E-state index >= 15 is 0 Å². The molecule has 0 bridgehead atoms. The predicted molar refractivity (Wildman–Crippen MR) is 90.8 cm³/mol. The summed E-state index contributed by atoms with van der Waals surface area (Å²) in [6.07, 6.45) is 0. The topological polar surface area (TPSA) is 65.6 Å². The number of benzene rings is 1. The minimum absolute atomic E-state index is 0. The van der Waals surface area contributed by atoms with Crippen LogP contribution in [0.5, 0.6) is 0 Å². The molecule has 22 heavy (non-hydrogen) atoms. The van der Waals surface area contributed by atoms with Gasteiger partial charge in [-0.1, -0.05) is 23.2 Å². The number of aliphatic hydroxyl groups is 2. The average Bonchev–Trinajstić information content (AvgIpc) is 2.96. The molecule has 0 fully saturated rings. The van der Waals surface area contributed by atoms with Crippen LogP contribution in [-0.2, 0) is 6.54 Å². The van der Waals surface area contributed by atoms with E-state index in [1.807, 2.05) is 12.1 Å². The second kappa shape index (κ2) is 8.20. The molecule has 0 amide bonds. The van der Waals surface area contributed by atoms with Gasteiger partial charge < -0.3 is 19.9 Å². The molecule has 0 aliphatic carbocycles. The van der Waals surface area contributed by atoms with E-state index in [9.17, 15) is 10.2 Å². The molecule has 0 radical (unpaired) electrons. The number of hydrogen-bond acceptors (Lipinski definition) is 4. The van der Waals surface area contributed by atoms with Gasteiger partial charge in [0, 0.05) is 10.6 Å². The number of nitrogens with one attached hydrogen (secondary N) is 1. The van der Waals surface area contributed by atoms with Crippen LogP contribution in [0.15, 0.2) is 34.7 Å². The lowest BCUT2D eigenvalue weighted by Gasteiger charge is -2.25. The Bertz CT molecular complexity index is 612. The first-order valence-electron chi connectivity index (χ1n) is 6.48. The SMILES string of the molecule is CC(CO)(CO)NCc1ccc(-c2cc(Cl)ccc2Cl)o1.Cl. The molecule has 0 saturated carbocycles. The summed E-state index contributed by atoms with van der Waals surface area (Å²) in [7, 11) is 0. The van der Waals surface area contributed by atoms with Gasteiger partial charge >= 0.3 is 0 Å². The number of furan rings is 1. The molecule has 0 aliphatic rings. The highest BCUT2D eigenvalue weighted by molar-refractivity contribution is 6.35. The summed E-state index contributed by atoms with van der Waals surface area (Å²) in [5.74, 6) is 1.29. The Labute approximate surface area is 145 Å². The smallest absolute Gasteiger partial charge is 0.135 e. The van der Waals surface area contributed by atoms with Crippen LogP contribution in [0.25, 0.3) is 11.3 Å². The highest BCUT2D eigenvalue weighted by Crippen LogP contribution is 2.31. The van der Waals surface area contributed by atoms with Gasteiger partial charge in [-0.05, 0) is 37.3 Å². The van der Waals surface area contributed by atoms with Crippen molar-refractivity contribution in [3.05, 3.63) is 46.1 Å². The maximum Gasteiger partial charge on any atom is 0.135 e. The van der Waals surface area contributed by atoms with Crippen molar-refractivity contribution in [2.75, 3.05) is 13.2 Å². The first-order chi connectivity index (χ1) is 9.97. The second-order valence-electron chi connectivity index (χ2n) is 5.12.